The zero-order chi connectivity index (χ0) is 20.2. The van der Waals surface area contributed by atoms with Gasteiger partial charge in [0.1, 0.15) is 0 Å². The molecule has 29 heavy (non-hydrogen) atoms. The third-order valence-electron chi connectivity index (χ3n) is 4.71. The zero-order valence-corrected chi connectivity index (χ0v) is 17.4. The van der Waals surface area contributed by atoms with Crippen LogP contribution < -0.4 is 14.9 Å². The van der Waals surface area contributed by atoms with Gasteiger partial charge in [-0.2, -0.15) is 5.10 Å². The fourth-order valence-corrected chi connectivity index (χ4v) is 3.92. The lowest BCUT2D eigenvalue weighted by atomic mass is 10.1. The average molecular weight is 407 g/mol. The van der Waals surface area contributed by atoms with Crippen molar-refractivity contribution in [2.75, 3.05) is 19.6 Å². The fraction of sp³-hybridized carbons (Fsp3) is 0.182. The third-order valence-corrected chi connectivity index (χ3v) is 5.45. The number of hydrogen-bond acceptors (Lipinski definition) is 6. The average Bonchev–Trinajstić information content (AvgIpc) is 3.38. The number of rotatable bonds is 7. The van der Waals surface area contributed by atoms with Crippen molar-refractivity contribution >= 4 is 33.6 Å². The van der Waals surface area contributed by atoms with E-state index in [9.17, 15) is 0 Å². The van der Waals surface area contributed by atoms with Crippen molar-refractivity contribution in [1.29, 1.82) is 0 Å². The highest BCUT2D eigenvalue weighted by Crippen LogP contribution is 2.33. The molecule has 0 aliphatic heterocycles. The van der Waals surface area contributed by atoms with Crippen LogP contribution in [-0.2, 0) is 6.54 Å². The maximum absolute atomic E-state index is 5.37. The first-order chi connectivity index (χ1) is 14.2. The van der Waals surface area contributed by atoms with E-state index in [0.717, 1.165) is 28.5 Å². The highest BCUT2D eigenvalue weighted by Gasteiger charge is 2.09. The first-order valence-electron chi connectivity index (χ1n) is 9.28. The molecule has 2 heterocycles. The lowest BCUT2D eigenvalue weighted by molar-refractivity contribution is 0.355. The monoisotopic (exact) mass is 406 g/mol. The van der Waals surface area contributed by atoms with Crippen LogP contribution in [0.4, 0.5) is 5.13 Å². The number of methoxy groups -OCH3 is 2. The normalized spacial score (nSPS) is 11.3. The molecule has 2 aromatic carbocycles. The molecule has 4 rings (SSSR count). The van der Waals surface area contributed by atoms with Crippen molar-refractivity contribution in [2.24, 2.45) is 5.10 Å². The van der Waals surface area contributed by atoms with Gasteiger partial charge in [0.05, 0.1) is 26.1 Å². The number of ether oxygens (including phenoxy) is 2. The lowest BCUT2D eigenvalue weighted by Gasteiger charge is -2.08. The molecule has 2 aromatic heterocycles. The minimum atomic E-state index is 0.679. The number of hydrogen-bond donors (Lipinski definition) is 1. The Balaban J connectivity index is 1.52. The molecule has 0 saturated heterocycles. The summed E-state index contributed by atoms with van der Waals surface area (Å²) in [7, 11) is 3.25. The molecule has 0 fully saturated rings. The van der Waals surface area contributed by atoms with Crippen molar-refractivity contribution in [3.8, 4) is 22.8 Å². The van der Waals surface area contributed by atoms with Crippen molar-refractivity contribution < 1.29 is 9.47 Å². The Bertz CT molecular complexity index is 1160. The van der Waals surface area contributed by atoms with E-state index in [4.69, 9.17) is 9.47 Å². The van der Waals surface area contributed by atoms with E-state index in [1.165, 1.54) is 22.2 Å². The van der Waals surface area contributed by atoms with Gasteiger partial charge in [-0.15, -0.1) is 11.3 Å². The Morgan fingerprint density at radius 3 is 2.76 bits per heavy atom. The van der Waals surface area contributed by atoms with Gasteiger partial charge in [0, 0.05) is 40.2 Å². The van der Waals surface area contributed by atoms with E-state index >= 15 is 0 Å². The molecule has 6 nitrogen and oxygen atoms in total. The van der Waals surface area contributed by atoms with Crippen LogP contribution in [0.3, 0.4) is 0 Å². The molecule has 0 unspecified atom stereocenters. The number of anilines is 1. The first kappa shape index (κ1) is 19.0. The molecule has 0 bridgehead atoms. The highest BCUT2D eigenvalue weighted by atomic mass is 32.1. The molecule has 148 valence electrons. The van der Waals surface area contributed by atoms with Gasteiger partial charge in [-0.05, 0) is 31.2 Å². The quantitative estimate of drug-likeness (QED) is 0.336. The first-order valence-corrected chi connectivity index (χ1v) is 10.2. The molecule has 0 amide bonds. The standard InChI is InChI=1S/C22H22N4O2S/c1-4-26-13-16(17-7-5-6-8-19(17)26)12-23-25-22-24-18(14-29-22)15-9-10-20(27-2)21(11-15)28-3/h5-14H,4H2,1-3H3,(H,24,25)/b23-12-. The summed E-state index contributed by atoms with van der Waals surface area (Å²) in [5.74, 6) is 1.37. The maximum Gasteiger partial charge on any atom is 0.203 e. The van der Waals surface area contributed by atoms with Crippen molar-refractivity contribution in [3.05, 3.63) is 59.6 Å². The van der Waals surface area contributed by atoms with E-state index < -0.39 is 0 Å². The van der Waals surface area contributed by atoms with E-state index in [1.807, 2.05) is 35.9 Å². The number of fused-ring (bicyclic) bond motifs is 1. The number of benzene rings is 2. The number of hydrazone groups is 1. The Kier molecular flexibility index (Phi) is 5.48. The minimum absolute atomic E-state index is 0.679. The summed E-state index contributed by atoms with van der Waals surface area (Å²) in [4.78, 5) is 4.62. The Labute approximate surface area is 173 Å². The number of aryl methyl sites for hydroxylation is 1. The number of aromatic nitrogens is 2. The number of nitrogens with one attached hydrogen (secondary N) is 1. The van der Waals surface area contributed by atoms with Crippen LogP contribution in [0.25, 0.3) is 22.2 Å². The van der Waals surface area contributed by atoms with Crippen LogP contribution >= 0.6 is 11.3 Å². The van der Waals surface area contributed by atoms with Gasteiger partial charge in [0.25, 0.3) is 0 Å². The van der Waals surface area contributed by atoms with Crippen LogP contribution in [0, 0.1) is 0 Å². The maximum atomic E-state index is 5.37. The van der Waals surface area contributed by atoms with Gasteiger partial charge in [0.2, 0.25) is 5.13 Å². The molecule has 0 radical (unpaired) electrons. The summed E-state index contributed by atoms with van der Waals surface area (Å²) in [5.41, 5.74) is 7.14. The van der Waals surface area contributed by atoms with Gasteiger partial charge in [-0.25, -0.2) is 4.98 Å². The number of para-hydroxylation sites is 1. The molecule has 7 heteroatoms. The summed E-state index contributed by atoms with van der Waals surface area (Å²) in [6.07, 6.45) is 3.96. The molecule has 0 spiro atoms. The second-order valence-corrected chi connectivity index (χ2v) is 7.22. The van der Waals surface area contributed by atoms with Gasteiger partial charge >= 0.3 is 0 Å². The third kappa shape index (κ3) is 3.82. The highest BCUT2D eigenvalue weighted by molar-refractivity contribution is 7.14. The van der Waals surface area contributed by atoms with E-state index in [0.29, 0.717) is 11.5 Å². The van der Waals surface area contributed by atoms with Crippen molar-refractivity contribution in [3.63, 3.8) is 0 Å². The largest absolute Gasteiger partial charge is 0.493 e. The molecule has 4 aromatic rings. The summed E-state index contributed by atoms with van der Waals surface area (Å²) in [6.45, 7) is 3.06. The van der Waals surface area contributed by atoms with Gasteiger partial charge in [-0.3, -0.25) is 5.43 Å². The molecule has 0 saturated carbocycles. The van der Waals surface area contributed by atoms with Crippen LogP contribution in [0.2, 0.25) is 0 Å². The number of nitrogens with zero attached hydrogens (tertiary/aromatic N) is 3. The lowest BCUT2D eigenvalue weighted by Crippen LogP contribution is -1.92. The summed E-state index contributed by atoms with van der Waals surface area (Å²) < 4.78 is 12.9. The summed E-state index contributed by atoms with van der Waals surface area (Å²) in [5, 5.41) is 8.29. The Morgan fingerprint density at radius 2 is 1.97 bits per heavy atom. The van der Waals surface area contributed by atoms with E-state index in [-0.39, 0.29) is 0 Å². The minimum Gasteiger partial charge on any atom is -0.493 e. The number of thiazole rings is 1. The van der Waals surface area contributed by atoms with Gasteiger partial charge in [-0.1, -0.05) is 18.2 Å². The van der Waals surface area contributed by atoms with Crippen LogP contribution in [0.15, 0.2) is 59.1 Å². The predicted octanol–water partition coefficient (Wildman–Crippen LogP) is 5.25. The SMILES string of the molecule is CCn1cc(/C=N\Nc2nc(-c3ccc(OC)c(OC)c3)cs2)c2ccccc21. The van der Waals surface area contributed by atoms with Gasteiger partial charge in [0.15, 0.2) is 11.5 Å². The van der Waals surface area contributed by atoms with Crippen LogP contribution in [-0.4, -0.2) is 30.0 Å². The molecular weight excluding hydrogens is 384 g/mol. The van der Waals surface area contributed by atoms with Crippen LogP contribution in [0.5, 0.6) is 11.5 Å². The van der Waals surface area contributed by atoms with Crippen LogP contribution in [0.1, 0.15) is 12.5 Å². The molecule has 0 aliphatic carbocycles. The Hall–Kier alpha value is -3.32. The van der Waals surface area contributed by atoms with E-state index in [1.54, 1.807) is 14.2 Å². The Morgan fingerprint density at radius 1 is 1.14 bits per heavy atom. The predicted molar refractivity (Wildman–Crippen MR) is 119 cm³/mol. The zero-order valence-electron chi connectivity index (χ0n) is 16.5. The summed E-state index contributed by atoms with van der Waals surface area (Å²) >= 11 is 1.50. The van der Waals surface area contributed by atoms with Crippen molar-refractivity contribution in [2.45, 2.75) is 13.5 Å². The second kappa shape index (κ2) is 8.36. The van der Waals surface area contributed by atoms with Crippen molar-refractivity contribution in [1.82, 2.24) is 9.55 Å². The van der Waals surface area contributed by atoms with Gasteiger partial charge < -0.3 is 14.0 Å². The van der Waals surface area contributed by atoms with E-state index in [2.05, 4.69) is 51.4 Å². The fourth-order valence-electron chi connectivity index (χ4n) is 3.25. The molecule has 0 atom stereocenters. The summed E-state index contributed by atoms with van der Waals surface area (Å²) in [6, 6.07) is 14.1. The second-order valence-electron chi connectivity index (χ2n) is 6.37. The topological polar surface area (TPSA) is 60.7 Å². The molecular formula is C22H22N4O2S. The molecule has 1 N–H and O–H groups in total. The molecule has 0 aliphatic rings. The smallest absolute Gasteiger partial charge is 0.203 e.